The predicted octanol–water partition coefficient (Wildman–Crippen LogP) is 4.61. The van der Waals surface area contributed by atoms with Crippen LogP contribution in [0.1, 0.15) is 50.5 Å². The van der Waals surface area contributed by atoms with Crippen LogP contribution in [0.4, 0.5) is 0 Å². The van der Waals surface area contributed by atoms with Gasteiger partial charge in [0.15, 0.2) is 0 Å². The molecule has 2 aromatic rings. The van der Waals surface area contributed by atoms with Crippen molar-refractivity contribution in [3.05, 3.63) is 48.0 Å². The van der Waals surface area contributed by atoms with Gasteiger partial charge in [-0.2, -0.15) is 0 Å². The Labute approximate surface area is 172 Å². The first kappa shape index (κ1) is 18.7. The number of hydrogen-bond acceptors (Lipinski definition) is 3. The summed E-state index contributed by atoms with van der Waals surface area (Å²) in [5.41, 5.74) is 1.18. The summed E-state index contributed by atoms with van der Waals surface area (Å²) in [6.45, 7) is 0.182. The maximum atomic E-state index is 12.6. The molecule has 4 heteroatoms. The molecule has 0 unspecified atom stereocenters. The zero-order chi connectivity index (χ0) is 19.8. The quantitative estimate of drug-likeness (QED) is 0.732. The van der Waals surface area contributed by atoms with Gasteiger partial charge in [-0.25, -0.2) is 0 Å². The highest BCUT2D eigenvalue weighted by molar-refractivity contribution is 5.86. The number of carbonyl (C=O) groups is 2. The zero-order valence-electron chi connectivity index (χ0n) is 16.9. The van der Waals surface area contributed by atoms with E-state index in [9.17, 15) is 9.59 Å². The number of fused-ring (bicyclic) bond motifs is 1. The number of amides is 1. The Hall–Kier alpha value is -2.36. The average molecular weight is 392 g/mol. The molecule has 4 saturated carbocycles. The van der Waals surface area contributed by atoms with Crippen molar-refractivity contribution in [1.29, 1.82) is 0 Å². The van der Waals surface area contributed by atoms with Crippen LogP contribution in [0.15, 0.2) is 42.5 Å². The summed E-state index contributed by atoms with van der Waals surface area (Å²) in [5.74, 6) is 2.13. The Morgan fingerprint density at radius 3 is 2.31 bits per heavy atom. The van der Waals surface area contributed by atoms with Crippen molar-refractivity contribution in [3.63, 3.8) is 0 Å². The van der Waals surface area contributed by atoms with Crippen molar-refractivity contribution in [3.8, 4) is 0 Å². The Morgan fingerprint density at radius 1 is 0.931 bits per heavy atom. The van der Waals surface area contributed by atoms with Crippen molar-refractivity contribution >= 4 is 22.6 Å². The van der Waals surface area contributed by atoms with E-state index in [1.54, 1.807) is 0 Å². The van der Waals surface area contributed by atoms with E-state index in [1.807, 2.05) is 42.5 Å². The summed E-state index contributed by atoms with van der Waals surface area (Å²) >= 11 is 0. The Kier molecular flexibility index (Phi) is 4.81. The molecule has 0 saturated heterocycles. The van der Waals surface area contributed by atoms with Crippen LogP contribution in [-0.4, -0.2) is 18.4 Å². The lowest BCUT2D eigenvalue weighted by Crippen LogP contribution is -2.48. The topological polar surface area (TPSA) is 55.4 Å². The van der Waals surface area contributed by atoms with E-state index < -0.39 is 0 Å². The number of benzene rings is 2. The SMILES string of the molecule is O=C(CC12CC3CC(CC(C3)C1)C2)NCC(=O)OCc1cccc2ccccc12. The third-order valence-corrected chi connectivity index (χ3v) is 7.40. The second-order valence-corrected chi connectivity index (χ2v) is 9.67. The van der Waals surface area contributed by atoms with Crippen LogP contribution in [-0.2, 0) is 20.9 Å². The van der Waals surface area contributed by atoms with E-state index in [4.69, 9.17) is 4.74 Å². The molecule has 0 atom stereocenters. The second-order valence-electron chi connectivity index (χ2n) is 9.67. The lowest BCUT2D eigenvalue weighted by Gasteiger charge is -2.56. The third kappa shape index (κ3) is 3.90. The second kappa shape index (κ2) is 7.47. The zero-order valence-corrected chi connectivity index (χ0v) is 16.9. The van der Waals surface area contributed by atoms with Crippen molar-refractivity contribution in [2.75, 3.05) is 6.54 Å². The molecule has 152 valence electrons. The van der Waals surface area contributed by atoms with E-state index in [1.165, 1.54) is 38.5 Å². The molecule has 0 spiro atoms. The van der Waals surface area contributed by atoms with Gasteiger partial charge in [0.1, 0.15) is 13.2 Å². The van der Waals surface area contributed by atoms with Crippen LogP contribution in [0.2, 0.25) is 0 Å². The van der Waals surface area contributed by atoms with Gasteiger partial charge in [0.05, 0.1) is 0 Å². The smallest absolute Gasteiger partial charge is 0.325 e. The van der Waals surface area contributed by atoms with Gasteiger partial charge >= 0.3 is 5.97 Å². The summed E-state index contributed by atoms with van der Waals surface area (Å²) in [6.07, 6.45) is 8.32. The molecule has 1 N–H and O–H groups in total. The molecule has 1 amide bonds. The van der Waals surface area contributed by atoms with Crippen LogP contribution < -0.4 is 5.32 Å². The van der Waals surface area contributed by atoms with E-state index >= 15 is 0 Å². The molecule has 6 rings (SSSR count). The van der Waals surface area contributed by atoms with E-state index in [-0.39, 0.29) is 30.4 Å². The molecule has 4 bridgehead atoms. The van der Waals surface area contributed by atoms with E-state index in [2.05, 4.69) is 5.32 Å². The van der Waals surface area contributed by atoms with Crippen molar-refractivity contribution in [1.82, 2.24) is 5.32 Å². The standard InChI is InChI=1S/C25H29NO3/c27-23(14-25-11-17-8-18(12-25)10-19(9-17)13-25)26-15-24(28)29-16-21-6-3-5-20-4-1-2-7-22(20)21/h1-7,17-19H,8-16H2,(H,26,27). The van der Waals surface area contributed by atoms with Gasteiger partial charge in [-0.15, -0.1) is 0 Å². The van der Waals surface area contributed by atoms with Gasteiger partial charge in [0.2, 0.25) is 5.91 Å². The van der Waals surface area contributed by atoms with Gasteiger partial charge in [0, 0.05) is 6.42 Å². The Morgan fingerprint density at radius 2 is 1.59 bits per heavy atom. The minimum Gasteiger partial charge on any atom is -0.459 e. The summed E-state index contributed by atoms with van der Waals surface area (Å²) in [4.78, 5) is 24.7. The number of hydrogen-bond donors (Lipinski definition) is 1. The number of esters is 1. The first-order valence-electron chi connectivity index (χ1n) is 11.0. The third-order valence-electron chi connectivity index (χ3n) is 7.40. The fourth-order valence-electron chi connectivity index (χ4n) is 6.71. The Balaban J connectivity index is 1.12. The lowest BCUT2D eigenvalue weighted by atomic mass is 9.49. The summed E-state index contributed by atoms with van der Waals surface area (Å²) < 4.78 is 5.43. The summed E-state index contributed by atoms with van der Waals surface area (Å²) in [7, 11) is 0. The van der Waals surface area contributed by atoms with Crippen LogP contribution in [0, 0.1) is 23.2 Å². The molecule has 4 aliphatic carbocycles. The largest absolute Gasteiger partial charge is 0.459 e. The lowest BCUT2D eigenvalue weighted by molar-refractivity contribution is -0.146. The van der Waals surface area contributed by atoms with Crippen LogP contribution in [0.3, 0.4) is 0 Å². The maximum Gasteiger partial charge on any atom is 0.325 e. The van der Waals surface area contributed by atoms with Gasteiger partial charge in [-0.1, -0.05) is 42.5 Å². The van der Waals surface area contributed by atoms with Crippen molar-refractivity contribution in [2.24, 2.45) is 23.2 Å². The predicted molar refractivity (Wildman–Crippen MR) is 112 cm³/mol. The van der Waals surface area contributed by atoms with Crippen LogP contribution in [0.25, 0.3) is 10.8 Å². The van der Waals surface area contributed by atoms with Gasteiger partial charge < -0.3 is 10.1 Å². The summed E-state index contributed by atoms with van der Waals surface area (Å²) in [5, 5.41) is 5.04. The molecule has 0 radical (unpaired) electrons. The highest BCUT2D eigenvalue weighted by atomic mass is 16.5. The molecule has 4 fully saturated rings. The van der Waals surface area contributed by atoms with Crippen molar-refractivity contribution < 1.29 is 14.3 Å². The first-order chi connectivity index (χ1) is 14.1. The van der Waals surface area contributed by atoms with Crippen LogP contribution >= 0.6 is 0 Å². The molecule has 29 heavy (non-hydrogen) atoms. The van der Waals surface area contributed by atoms with Crippen molar-refractivity contribution in [2.45, 2.75) is 51.6 Å². The molecule has 4 aliphatic rings. The highest BCUT2D eigenvalue weighted by Crippen LogP contribution is 2.61. The molecular formula is C25H29NO3. The first-order valence-corrected chi connectivity index (χ1v) is 11.0. The molecular weight excluding hydrogens is 362 g/mol. The number of rotatable bonds is 6. The molecule has 0 aliphatic heterocycles. The molecule has 2 aromatic carbocycles. The van der Waals surface area contributed by atoms with Crippen LogP contribution in [0.5, 0.6) is 0 Å². The summed E-state index contributed by atoms with van der Waals surface area (Å²) in [6, 6.07) is 14.1. The number of nitrogens with one attached hydrogen (secondary N) is 1. The molecule has 4 nitrogen and oxygen atoms in total. The van der Waals surface area contributed by atoms with E-state index in [0.29, 0.717) is 6.42 Å². The average Bonchev–Trinajstić information content (AvgIpc) is 2.69. The number of ether oxygens (including phenoxy) is 1. The Bertz CT molecular complexity index is 894. The number of carbonyl (C=O) groups excluding carboxylic acids is 2. The van der Waals surface area contributed by atoms with Gasteiger partial charge in [0.25, 0.3) is 0 Å². The molecule has 0 aromatic heterocycles. The fraction of sp³-hybridized carbons (Fsp3) is 0.520. The maximum absolute atomic E-state index is 12.6. The minimum absolute atomic E-state index is 0.00839. The van der Waals surface area contributed by atoms with Gasteiger partial charge in [-0.05, 0) is 78.0 Å². The normalized spacial score (nSPS) is 29.7. The minimum atomic E-state index is -0.378. The van der Waals surface area contributed by atoms with Gasteiger partial charge in [-0.3, -0.25) is 9.59 Å². The molecule has 0 heterocycles. The fourth-order valence-corrected chi connectivity index (χ4v) is 6.71. The monoisotopic (exact) mass is 391 g/mol. The highest BCUT2D eigenvalue weighted by Gasteiger charge is 2.51. The van der Waals surface area contributed by atoms with E-state index in [0.717, 1.165) is 34.1 Å².